The topological polar surface area (TPSA) is 29.1 Å². The van der Waals surface area contributed by atoms with Crippen LogP contribution in [0.15, 0.2) is 22.7 Å². The van der Waals surface area contributed by atoms with Crippen LogP contribution in [0, 0.1) is 5.82 Å². The highest BCUT2D eigenvalue weighted by Crippen LogP contribution is 2.21. The highest BCUT2D eigenvalue weighted by molar-refractivity contribution is 9.10. The predicted molar refractivity (Wildman–Crippen MR) is 73.3 cm³/mol. The van der Waals surface area contributed by atoms with Crippen molar-refractivity contribution in [3.05, 3.63) is 34.1 Å². The van der Waals surface area contributed by atoms with Crippen LogP contribution in [0.3, 0.4) is 0 Å². The highest BCUT2D eigenvalue weighted by Gasteiger charge is 2.17. The minimum absolute atomic E-state index is 0.110. The summed E-state index contributed by atoms with van der Waals surface area (Å²) in [4.78, 5) is 12.0. The quantitative estimate of drug-likeness (QED) is 0.859. The van der Waals surface area contributed by atoms with Gasteiger partial charge in [0.05, 0.1) is 10.0 Å². The van der Waals surface area contributed by atoms with E-state index in [2.05, 4.69) is 21.2 Å². The van der Waals surface area contributed by atoms with Gasteiger partial charge in [-0.25, -0.2) is 4.39 Å². The van der Waals surface area contributed by atoms with Crippen molar-refractivity contribution in [2.75, 3.05) is 6.54 Å². The number of carbonyl (C=O) groups is 1. The number of piperidine rings is 1. The van der Waals surface area contributed by atoms with E-state index in [-0.39, 0.29) is 11.3 Å². The van der Waals surface area contributed by atoms with Crippen molar-refractivity contribution in [1.29, 1.82) is 0 Å². The summed E-state index contributed by atoms with van der Waals surface area (Å²) in [5.41, 5.74) is 0.195. The summed E-state index contributed by atoms with van der Waals surface area (Å²) in [7, 11) is 0. The van der Waals surface area contributed by atoms with Gasteiger partial charge in [0.2, 0.25) is 0 Å². The van der Waals surface area contributed by atoms with Crippen LogP contribution >= 0.6 is 15.9 Å². The Balaban J connectivity index is 1.93. The molecule has 0 aromatic heterocycles. The first-order chi connectivity index (χ1) is 8.68. The van der Waals surface area contributed by atoms with Crippen LogP contribution in [-0.2, 0) is 0 Å². The van der Waals surface area contributed by atoms with E-state index in [4.69, 9.17) is 0 Å². The molecule has 0 bridgehead atoms. The van der Waals surface area contributed by atoms with Gasteiger partial charge >= 0.3 is 0 Å². The van der Waals surface area contributed by atoms with Gasteiger partial charge in [0.15, 0.2) is 5.78 Å². The fourth-order valence-electron chi connectivity index (χ4n) is 2.33. The molecule has 1 aliphatic rings. The molecule has 1 N–H and O–H groups in total. The zero-order valence-electron chi connectivity index (χ0n) is 10.2. The summed E-state index contributed by atoms with van der Waals surface area (Å²) < 4.78 is 14.1. The van der Waals surface area contributed by atoms with Gasteiger partial charge in [0, 0.05) is 12.5 Å². The second-order valence-electron chi connectivity index (χ2n) is 4.71. The number of carbonyl (C=O) groups excluding carboxylic acids is 1. The lowest BCUT2D eigenvalue weighted by molar-refractivity contribution is 0.0970. The Hall–Kier alpha value is -0.740. The number of nitrogens with one attached hydrogen (secondary N) is 1. The maximum Gasteiger partial charge on any atom is 0.165 e. The van der Waals surface area contributed by atoms with Crippen LogP contribution in [0.5, 0.6) is 0 Å². The SMILES string of the molecule is O=C(CCC1CCCCN1)c1cccc(Br)c1F. The van der Waals surface area contributed by atoms with Crippen molar-refractivity contribution in [2.45, 2.75) is 38.1 Å². The molecule has 1 heterocycles. The molecule has 18 heavy (non-hydrogen) atoms. The number of ketones is 1. The first-order valence-corrected chi connectivity index (χ1v) is 7.18. The average molecular weight is 314 g/mol. The van der Waals surface area contributed by atoms with Gasteiger partial charge in [0.1, 0.15) is 5.82 Å². The largest absolute Gasteiger partial charge is 0.314 e. The van der Waals surface area contributed by atoms with E-state index >= 15 is 0 Å². The van der Waals surface area contributed by atoms with Gasteiger partial charge in [-0.05, 0) is 53.9 Å². The Morgan fingerprint density at radius 2 is 2.28 bits per heavy atom. The summed E-state index contributed by atoms with van der Waals surface area (Å²) in [6, 6.07) is 5.27. The second kappa shape index (κ2) is 6.43. The molecule has 4 heteroatoms. The molecule has 0 radical (unpaired) electrons. The fraction of sp³-hybridized carbons (Fsp3) is 0.500. The minimum Gasteiger partial charge on any atom is -0.314 e. The lowest BCUT2D eigenvalue weighted by Crippen LogP contribution is -2.34. The predicted octanol–water partition coefficient (Wildman–Crippen LogP) is 3.69. The average Bonchev–Trinajstić information content (AvgIpc) is 2.40. The number of hydrogen-bond donors (Lipinski definition) is 1. The Morgan fingerprint density at radius 1 is 1.44 bits per heavy atom. The summed E-state index contributed by atoms with van der Waals surface area (Å²) in [6.45, 7) is 1.03. The lowest BCUT2D eigenvalue weighted by Gasteiger charge is -2.23. The first-order valence-electron chi connectivity index (χ1n) is 6.39. The third-order valence-corrected chi connectivity index (χ3v) is 4.00. The molecule has 0 amide bonds. The molecular formula is C14H17BrFNO. The van der Waals surface area contributed by atoms with Crippen LogP contribution in [0.25, 0.3) is 0 Å². The number of rotatable bonds is 4. The monoisotopic (exact) mass is 313 g/mol. The van der Waals surface area contributed by atoms with Crippen LogP contribution in [-0.4, -0.2) is 18.4 Å². The molecule has 2 rings (SSSR count). The van der Waals surface area contributed by atoms with Gasteiger partial charge in [-0.15, -0.1) is 0 Å². The molecule has 0 aliphatic carbocycles. The molecule has 1 unspecified atom stereocenters. The molecule has 1 fully saturated rings. The molecule has 1 aliphatic heterocycles. The standard InChI is InChI=1S/C14H17BrFNO/c15-12-6-3-5-11(14(12)16)13(18)8-7-10-4-1-2-9-17-10/h3,5-6,10,17H,1-2,4,7-9H2. The van der Waals surface area contributed by atoms with Gasteiger partial charge in [-0.3, -0.25) is 4.79 Å². The Bertz CT molecular complexity index is 430. The zero-order chi connectivity index (χ0) is 13.0. The first kappa shape index (κ1) is 13.7. The van der Waals surface area contributed by atoms with E-state index in [0.717, 1.165) is 19.4 Å². The molecule has 0 saturated carbocycles. The second-order valence-corrected chi connectivity index (χ2v) is 5.56. The summed E-state index contributed by atoms with van der Waals surface area (Å²) in [5, 5.41) is 3.40. The molecule has 1 atom stereocenters. The van der Waals surface area contributed by atoms with Crippen molar-refractivity contribution in [3.8, 4) is 0 Å². The zero-order valence-corrected chi connectivity index (χ0v) is 11.8. The van der Waals surface area contributed by atoms with Gasteiger partial charge in [0.25, 0.3) is 0 Å². The summed E-state index contributed by atoms with van der Waals surface area (Å²) >= 11 is 3.10. The molecule has 1 saturated heterocycles. The van der Waals surface area contributed by atoms with Crippen molar-refractivity contribution < 1.29 is 9.18 Å². The highest BCUT2D eigenvalue weighted by atomic mass is 79.9. The Kier molecular flexibility index (Phi) is 4.89. The maximum atomic E-state index is 13.7. The van der Waals surface area contributed by atoms with Gasteiger partial charge in [-0.2, -0.15) is 0 Å². The summed E-state index contributed by atoms with van der Waals surface area (Å²) in [5.74, 6) is -0.555. The van der Waals surface area contributed by atoms with E-state index in [1.54, 1.807) is 18.2 Å². The number of hydrogen-bond acceptors (Lipinski definition) is 2. The fourth-order valence-corrected chi connectivity index (χ4v) is 2.70. The summed E-state index contributed by atoms with van der Waals surface area (Å²) in [6.07, 6.45) is 4.76. The number of Topliss-reactive ketones (excluding diaryl/α,β-unsaturated/α-hetero) is 1. The van der Waals surface area contributed by atoms with Crippen molar-refractivity contribution in [1.82, 2.24) is 5.32 Å². The van der Waals surface area contributed by atoms with Crippen molar-refractivity contribution >= 4 is 21.7 Å². The van der Waals surface area contributed by atoms with Crippen molar-refractivity contribution in [3.63, 3.8) is 0 Å². The minimum atomic E-state index is -0.445. The van der Waals surface area contributed by atoms with Crippen LogP contribution in [0.1, 0.15) is 42.5 Å². The number of benzene rings is 1. The van der Waals surface area contributed by atoms with Crippen LogP contribution in [0.2, 0.25) is 0 Å². The Morgan fingerprint density at radius 3 is 3.00 bits per heavy atom. The van der Waals surface area contributed by atoms with Crippen LogP contribution in [0.4, 0.5) is 4.39 Å². The number of halogens is 2. The third-order valence-electron chi connectivity index (χ3n) is 3.38. The van der Waals surface area contributed by atoms with E-state index in [9.17, 15) is 9.18 Å². The van der Waals surface area contributed by atoms with E-state index < -0.39 is 5.82 Å². The third kappa shape index (κ3) is 3.39. The van der Waals surface area contributed by atoms with E-state index in [0.29, 0.717) is 16.9 Å². The van der Waals surface area contributed by atoms with E-state index in [1.165, 1.54) is 12.8 Å². The molecular weight excluding hydrogens is 297 g/mol. The molecule has 1 aromatic rings. The van der Waals surface area contributed by atoms with Gasteiger partial charge in [-0.1, -0.05) is 12.5 Å². The smallest absolute Gasteiger partial charge is 0.165 e. The molecule has 1 aromatic carbocycles. The maximum absolute atomic E-state index is 13.7. The van der Waals surface area contributed by atoms with Gasteiger partial charge < -0.3 is 5.32 Å². The van der Waals surface area contributed by atoms with Crippen LogP contribution < -0.4 is 5.32 Å². The normalized spacial score (nSPS) is 19.8. The molecule has 98 valence electrons. The lowest BCUT2D eigenvalue weighted by atomic mass is 9.97. The Labute approximate surface area is 115 Å². The van der Waals surface area contributed by atoms with Crippen molar-refractivity contribution in [2.24, 2.45) is 0 Å². The molecule has 2 nitrogen and oxygen atoms in total. The van der Waals surface area contributed by atoms with E-state index in [1.807, 2.05) is 0 Å². The molecule has 0 spiro atoms.